The van der Waals surface area contributed by atoms with Gasteiger partial charge in [0, 0.05) is 5.56 Å². The molecular weight excluding hydrogens is 290 g/mol. The summed E-state index contributed by atoms with van der Waals surface area (Å²) in [5.41, 5.74) is 0.523. The highest BCUT2D eigenvalue weighted by atomic mass is 35.5. The Morgan fingerprint density at radius 1 is 1.19 bits per heavy atom. The predicted octanol–water partition coefficient (Wildman–Crippen LogP) is 3.56. The maximum absolute atomic E-state index is 12.0. The molecule has 0 bridgehead atoms. The Hall–Kier alpha value is -2.14. The van der Waals surface area contributed by atoms with Crippen molar-refractivity contribution < 1.29 is 9.53 Å². The fraction of sp³-hybridized carbons (Fsp3) is 0.267. The number of hydrogen-bond donors (Lipinski definition) is 1. The second-order valence-electron chi connectivity index (χ2n) is 4.42. The number of carbonyl (C=O) groups excluding carboxylic acids is 1. The summed E-state index contributed by atoms with van der Waals surface area (Å²) in [7, 11) is 0. The number of hydrogen-bond acceptors (Lipinski definition) is 4. The highest BCUT2D eigenvalue weighted by Crippen LogP contribution is 2.14. The Labute approximate surface area is 128 Å². The third-order valence-corrected chi connectivity index (χ3v) is 2.96. The third-order valence-electron chi connectivity index (χ3n) is 2.76. The molecule has 0 aliphatic rings. The lowest BCUT2D eigenvalue weighted by molar-refractivity contribution is 0.102. The Morgan fingerprint density at radius 3 is 2.57 bits per heavy atom. The molecule has 0 spiro atoms. The smallest absolute Gasteiger partial charge is 0.256 e. The van der Waals surface area contributed by atoms with E-state index in [-0.39, 0.29) is 11.1 Å². The molecule has 2 rings (SSSR count). The quantitative estimate of drug-likeness (QED) is 0.829. The summed E-state index contributed by atoms with van der Waals surface area (Å²) in [6.07, 6.45) is 2.10. The zero-order valence-electron chi connectivity index (χ0n) is 11.7. The minimum absolute atomic E-state index is 0.258. The van der Waals surface area contributed by atoms with Gasteiger partial charge in [-0.25, -0.2) is 0 Å². The van der Waals surface area contributed by atoms with E-state index in [1.165, 1.54) is 0 Å². The van der Waals surface area contributed by atoms with Gasteiger partial charge in [-0.1, -0.05) is 24.9 Å². The van der Waals surface area contributed by atoms with Crippen LogP contribution in [0.2, 0.25) is 5.15 Å². The van der Waals surface area contributed by atoms with Crippen LogP contribution in [0.4, 0.5) is 5.82 Å². The summed E-state index contributed by atoms with van der Waals surface area (Å²) < 4.78 is 5.54. The number of nitrogens with zero attached hydrogens (tertiary/aromatic N) is 2. The molecule has 1 N–H and O–H groups in total. The van der Waals surface area contributed by atoms with Crippen molar-refractivity contribution in [3.8, 4) is 5.75 Å². The van der Waals surface area contributed by atoms with Gasteiger partial charge in [-0.15, -0.1) is 10.2 Å². The van der Waals surface area contributed by atoms with Gasteiger partial charge in [-0.3, -0.25) is 4.79 Å². The number of halogens is 1. The van der Waals surface area contributed by atoms with Gasteiger partial charge in [0.15, 0.2) is 11.0 Å². The standard InChI is InChI=1S/C15H16ClN3O2/c1-2-3-10-21-12-6-4-11(5-7-12)15(20)17-14-9-8-13(16)18-19-14/h4-9H,2-3,10H2,1H3,(H,17,19,20). The number of carbonyl (C=O) groups is 1. The van der Waals surface area contributed by atoms with Gasteiger partial charge in [0.25, 0.3) is 5.91 Å². The minimum atomic E-state index is -0.258. The van der Waals surface area contributed by atoms with Crippen LogP contribution in [0.5, 0.6) is 5.75 Å². The predicted molar refractivity (Wildman–Crippen MR) is 81.8 cm³/mol. The Balaban J connectivity index is 1.94. The molecule has 0 atom stereocenters. The fourth-order valence-corrected chi connectivity index (χ4v) is 1.71. The van der Waals surface area contributed by atoms with E-state index in [4.69, 9.17) is 16.3 Å². The van der Waals surface area contributed by atoms with E-state index < -0.39 is 0 Å². The molecule has 1 aromatic heterocycles. The maximum Gasteiger partial charge on any atom is 0.256 e. The van der Waals surface area contributed by atoms with Crippen molar-refractivity contribution in [2.75, 3.05) is 11.9 Å². The maximum atomic E-state index is 12.0. The molecule has 110 valence electrons. The van der Waals surface area contributed by atoms with E-state index in [1.807, 2.05) is 0 Å². The van der Waals surface area contributed by atoms with Crippen molar-refractivity contribution >= 4 is 23.3 Å². The second kappa shape index (κ2) is 7.59. The van der Waals surface area contributed by atoms with Crippen LogP contribution in [0.3, 0.4) is 0 Å². The number of amides is 1. The van der Waals surface area contributed by atoms with Crippen molar-refractivity contribution in [1.82, 2.24) is 10.2 Å². The first-order valence-corrected chi connectivity index (χ1v) is 7.10. The summed E-state index contributed by atoms with van der Waals surface area (Å²) in [5, 5.41) is 10.4. The minimum Gasteiger partial charge on any atom is -0.494 e. The summed E-state index contributed by atoms with van der Waals surface area (Å²) >= 11 is 5.63. The molecule has 0 fully saturated rings. The number of benzene rings is 1. The van der Waals surface area contributed by atoms with E-state index in [2.05, 4.69) is 22.4 Å². The van der Waals surface area contributed by atoms with Crippen molar-refractivity contribution in [3.63, 3.8) is 0 Å². The molecule has 21 heavy (non-hydrogen) atoms. The molecule has 0 unspecified atom stereocenters. The summed E-state index contributed by atoms with van der Waals surface area (Å²) in [6, 6.07) is 10.1. The van der Waals surface area contributed by atoms with E-state index in [0.29, 0.717) is 18.0 Å². The normalized spacial score (nSPS) is 10.2. The van der Waals surface area contributed by atoms with Crippen LogP contribution >= 0.6 is 11.6 Å². The van der Waals surface area contributed by atoms with Crippen LogP contribution in [0.1, 0.15) is 30.1 Å². The van der Waals surface area contributed by atoms with Crippen molar-refractivity contribution in [3.05, 3.63) is 47.1 Å². The van der Waals surface area contributed by atoms with Crippen LogP contribution in [-0.4, -0.2) is 22.7 Å². The fourth-order valence-electron chi connectivity index (χ4n) is 1.61. The average molecular weight is 306 g/mol. The number of nitrogens with one attached hydrogen (secondary N) is 1. The number of unbranched alkanes of at least 4 members (excludes halogenated alkanes) is 1. The molecule has 0 saturated heterocycles. The lowest BCUT2D eigenvalue weighted by atomic mass is 10.2. The van der Waals surface area contributed by atoms with E-state index in [9.17, 15) is 4.79 Å². The van der Waals surface area contributed by atoms with Crippen molar-refractivity contribution in [2.24, 2.45) is 0 Å². The number of ether oxygens (including phenoxy) is 1. The zero-order chi connectivity index (χ0) is 15.1. The summed E-state index contributed by atoms with van der Waals surface area (Å²) in [5.74, 6) is 0.852. The van der Waals surface area contributed by atoms with Gasteiger partial charge in [-0.05, 0) is 42.8 Å². The topological polar surface area (TPSA) is 64.1 Å². The molecule has 2 aromatic rings. The zero-order valence-corrected chi connectivity index (χ0v) is 12.4. The van der Waals surface area contributed by atoms with Crippen LogP contribution in [-0.2, 0) is 0 Å². The highest BCUT2D eigenvalue weighted by molar-refractivity contribution is 6.29. The second-order valence-corrected chi connectivity index (χ2v) is 4.81. The molecule has 0 saturated carbocycles. The van der Waals surface area contributed by atoms with Gasteiger partial charge < -0.3 is 10.1 Å². The van der Waals surface area contributed by atoms with Gasteiger partial charge in [-0.2, -0.15) is 0 Å². The first-order valence-electron chi connectivity index (χ1n) is 6.72. The molecule has 5 nitrogen and oxygen atoms in total. The lowest BCUT2D eigenvalue weighted by Gasteiger charge is -2.07. The Bertz CT molecular complexity index is 585. The SMILES string of the molecule is CCCCOc1ccc(C(=O)Nc2ccc(Cl)nn2)cc1. The lowest BCUT2D eigenvalue weighted by Crippen LogP contribution is -2.13. The average Bonchev–Trinajstić information content (AvgIpc) is 2.50. The largest absolute Gasteiger partial charge is 0.494 e. The Morgan fingerprint density at radius 2 is 1.95 bits per heavy atom. The molecule has 1 heterocycles. The highest BCUT2D eigenvalue weighted by Gasteiger charge is 2.07. The van der Waals surface area contributed by atoms with Crippen molar-refractivity contribution in [2.45, 2.75) is 19.8 Å². The van der Waals surface area contributed by atoms with Crippen LogP contribution in [0.25, 0.3) is 0 Å². The number of rotatable bonds is 6. The van der Waals surface area contributed by atoms with Crippen LogP contribution in [0, 0.1) is 0 Å². The monoisotopic (exact) mass is 305 g/mol. The summed E-state index contributed by atoms with van der Waals surface area (Å²) in [4.78, 5) is 12.0. The molecule has 0 radical (unpaired) electrons. The van der Waals surface area contributed by atoms with Gasteiger partial charge in [0.05, 0.1) is 6.61 Å². The van der Waals surface area contributed by atoms with E-state index >= 15 is 0 Å². The van der Waals surface area contributed by atoms with E-state index in [1.54, 1.807) is 36.4 Å². The molecular formula is C15H16ClN3O2. The third kappa shape index (κ3) is 4.72. The van der Waals surface area contributed by atoms with Gasteiger partial charge >= 0.3 is 0 Å². The summed E-state index contributed by atoms with van der Waals surface area (Å²) in [6.45, 7) is 2.79. The molecule has 1 aromatic carbocycles. The van der Waals surface area contributed by atoms with Gasteiger partial charge in [0.2, 0.25) is 0 Å². The molecule has 6 heteroatoms. The molecule has 0 aliphatic carbocycles. The molecule has 1 amide bonds. The Kier molecular flexibility index (Phi) is 5.51. The van der Waals surface area contributed by atoms with Crippen LogP contribution in [0.15, 0.2) is 36.4 Å². The van der Waals surface area contributed by atoms with Crippen LogP contribution < -0.4 is 10.1 Å². The number of anilines is 1. The van der Waals surface area contributed by atoms with E-state index in [0.717, 1.165) is 18.6 Å². The first kappa shape index (κ1) is 15.3. The van der Waals surface area contributed by atoms with Gasteiger partial charge in [0.1, 0.15) is 5.75 Å². The molecule has 0 aliphatic heterocycles. The first-order chi connectivity index (χ1) is 10.2. The van der Waals surface area contributed by atoms with Crippen molar-refractivity contribution in [1.29, 1.82) is 0 Å². The number of aromatic nitrogens is 2.